The van der Waals surface area contributed by atoms with Crippen LogP contribution >= 0.6 is 0 Å². The largest absolute Gasteiger partial charge is 0.428 e. The topological polar surface area (TPSA) is 26.3 Å². The van der Waals surface area contributed by atoms with Crippen molar-refractivity contribution in [1.82, 2.24) is 0 Å². The third-order valence-electron chi connectivity index (χ3n) is 1.20. The molecule has 64 valence electrons. The first-order valence-electron chi connectivity index (χ1n) is 3.67. The summed E-state index contributed by atoms with van der Waals surface area (Å²) in [7, 11) is 0. The van der Waals surface area contributed by atoms with Crippen LogP contribution in [-0.2, 0) is 9.53 Å². The molecule has 0 aromatic heterocycles. The Balaban J connectivity index is 3.43. The van der Waals surface area contributed by atoms with Gasteiger partial charge in [-0.15, -0.1) is 0 Å². The molecule has 0 fully saturated rings. The van der Waals surface area contributed by atoms with Crippen molar-refractivity contribution in [2.24, 2.45) is 0 Å². The number of carbonyl (C=O) groups excluding carboxylic acids is 1. The van der Waals surface area contributed by atoms with Crippen LogP contribution in [0.5, 0.6) is 0 Å². The average molecular weight is 160 g/mol. The van der Waals surface area contributed by atoms with Gasteiger partial charge in [0.25, 0.3) is 0 Å². The molecule has 11 heavy (non-hydrogen) atoms. The van der Waals surface area contributed by atoms with Crippen molar-refractivity contribution < 1.29 is 13.9 Å². The first-order chi connectivity index (χ1) is 5.20. The molecule has 0 N–H and O–H groups in total. The zero-order chi connectivity index (χ0) is 8.69. The molecule has 0 bridgehead atoms. The Labute approximate surface area is 66.0 Å². The van der Waals surface area contributed by atoms with Crippen LogP contribution in [0.4, 0.5) is 4.39 Å². The van der Waals surface area contributed by atoms with Crippen LogP contribution in [-0.4, -0.2) is 12.3 Å². The van der Waals surface area contributed by atoms with Crippen LogP contribution in [0.3, 0.4) is 0 Å². The summed E-state index contributed by atoms with van der Waals surface area (Å²) in [6, 6.07) is 0. The SMILES string of the molecule is C=CC(=O)OC(F)CCCC. The third-order valence-corrected chi connectivity index (χ3v) is 1.20. The summed E-state index contributed by atoms with van der Waals surface area (Å²) in [6.45, 7) is 5.10. The molecule has 0 amide bonds. The fourth-order valence-electron chi connectivity index (χ4n) is 0.598. The highest BCUT2D eigenvalue weighted by atomic mass is 19.1. The summed E-state index contributed by atoms with van der Waals surface area (Å²) < 4.78 is 16.8. The van der Waals surface area contributed by atoms with Gasteiger partial charge in [0.15, 0.2) is 0 Å². The van der Waals surface area contributed by atoms with Gasteiger partial charge in [-0.2, -0.15) is 0 Å². The standard InChI is InChI=1S/C8H13FO2/c1-3-5-6-7(9)11-8(10)4-2/h4,7H,2-3,5-6H2,1H3. The molecule has 0 aliphatic carbocycles. The van der Waals surface area contributed by atoms with Crippen LogP contribution in [0.15, 0.2) is 12.7 Å². The maximum absolute atomic E-state index is 12.5. The second-order valence-electron chi connectivity index (χ2n) is 2.19. The lowest BCUT2D eigenvalue weighted by Crippen LogP contribution is -2.10. The van der Waals surface area contributed by atoms with E-state index in [2.05, 4.69) is 11.3 Å². The molecule has 0 aliphatic rings. The fourth-order valence-corrected chi connectivity index (χ4v) is 0.598. The molecule has 3 heteroatoms. The molecular formula is C8H13FO2. The molecule has 0 saturated carbocycles. The number of alkyl halides is 1. The number of halogens is 1. The van der Waals surface area contributed by atoms with Gasteiger partial charge < -0.3 is 4.74 Å². The summed E-state index contributed by atoms with van der Waals surface area (Å²) in [6.07, 6.45) is 1.38. The van der Waals surface area contributed by atoms with Crippen LogP contribution in [0.2, 0.25) is 0 Å². The van der Waals surface area contributed by atoms with Gasteiger partial charge in [0.1, 0.15) is 0 Å². The molecule has 0 rings (SSSR count). The fraction of sp³-hybridized carbons (Fsp3) is 0.625. The Morgan fingerprint density at radius 2 is 2.45 bits per heavy atom. The maximum atomic E-state index is 12.5. The Kier molecular flexibility index (Phi) is 5.43. The van der Waals surface area contributed by atoms with E-state index >= 15 is 0 Å². The predicted molar refractivity (Wildman–Crippen MR) is 40.7 cm³/mol. The lowest BCUT2D eigenvalue weighted by atomic mass is 10.2. The third kappa shape index (κ3) is 5.58. The Morgan fingerprint density at radius 1 is 1.82 bits per heavy atom. The monoisotopic (exact) mass is 160 g/mol. The first kappa shape index (κ1) is 10.1. The number of unbranched alkanes of at least 4 members (excludes halogenated alkanes) is 1. The minimum absolute atomic E-state index is 0.274. The number of ether oxygens (including phenoxy) is 1. The average Bonchev–Trinajstić information content (AvgIpc) is 2.00. The molecular weight excluding hydrogens is 147 g/mol. The molecule has 0 aromatic rings. The van der Waals surface area contributed by atoms with E-state index in [1.54, 1.807) is 0 Å². The van der Waals surface area contributed by atoms with Crippen molar-refractivity contribution in [2.45, 2.75) is 32.5 Å². The minimum Gasteiger partial charge on any atom is -0.428 e. The number of hydrogen-bond donors (Lipinski definition) is 0. The van der Waals surface area contributed by atoms with Crippen molar-refractivity contribution in [3.8, 4) is 0 Å². The van der Waals surface area contributed by atoms with Crippen LogP contribution < -0.4 is 0 Å². The zero-order valence-electron chi connectivity index (χ0n) is 6.68. The summed E-state index contributed by atoms with van der Waals surface area (Å²) in [5.74, 6) is -0.700. The maximum Gasteiger partial charge on any atom is 0.332 e. The summed E-state index contributed by atoms with van der Waals surface area (Å²) in [4.78, 5) is 10.4. The summed E-state index contributed by atoms with van der Waals surface area (Å²) >= 11 is 0. The van der Waals surface area contributed by atoms with Crippen molar-refractivity contribution in [1.29, 1.82) is 0 Å². The van der Waals surface area contributed by atoms with Gasteiger partial charge in [-0.1, -0.05) is 19.9 Å². The highest BCUT2D eigenvalue weighted by Crippen LogP contribution is 2.05. The molecule has 1 unspecified atom stereocenters. The zero-order valence-corrected chi connectivity index (χ0v) is 6.68. The van der Waals surface area contributed by atoms with E-state index in [0.29, 0.717) is 0 Å². The first-order valence-corrected chi connectivity index (χ1v) is 3.67. The molecule has 0 aromatic carbocycles. The van der Waals surface area contributed by atoms with Gasteiger partial charge in [0.2, 0.25) is 6.36 Å². The van der Waals surface area contributed by atoms with E-state index < -0.39 is 12.3 Å². The minimum atomic E-state index is -1.47. The van der Waals surface area contributed by atoms with Crippen molar-refractivity contribution >= 4 is 5.97 Å². The number of carbonyl (C=O) groups is 1. The van der Waals surface area contributed by atoms with Crippen LogP contribution in [0, 0.1) is 0 Å². The molecule has 0 radical (unpaired) electrons. The lowest BCUT2D eigenvalue weighted by molar-refractivity contribution is -0.152. The quantitative estimate of drug-likeness (QED) is 0.455. The highest BCUT2D eigenvalue weighted by molar-refractivity contribution is 5.81. The summed E-state index contributed by atoms with van der Waals surface area (Å²) in [5, 5.41) is 0. The number of rotatable bonds is 5. The summed E-state index contributed by atoms with van der Waals surface area (Å²) in [5.41, 5.74) is 0. The molecule has 0 aliphatic heterocycles. The Bertz CT molecular complexity index is 134. The molecule has 0 saturated heterocycles. The second kappa shape index (κ2) is 5.89. The van der Waals surface area contributed by atoms with E-state index in [4.69, 9.17) is 0 Å². The predicted octanol–water partition coefficient (Wildman–Crippen LogP) is 2.20. The van der Waals surface area contributed by atoms with E-state index in [1.807, 2.05) is 6.92 Å². The van der Waals surface area contributed by atoms with Gasteiger partial charge >= 0.3 is 5.97 Å². The molecule has 0 spiro atoms. The van der Waals surface area contributed by atoms with Gasteiger partial charge in [-0.3, -0.25) is 0 Å². The van der Waals surface area contributed by atoms with Gasteiger partial charge in [0, 0.05) is 12.5 Å². The molecule has 0 heterocycles. The van der Waals surface area contributed by atoms with Crippen molar-refractivity contribution in [3.63, 3.8) is 0 Å². The molecule has 2 nitrogen and oxygen atoms in total. The highest BCUT2D eigenvalue weighted by Gasteiger charge is 2.08. The normalized spacial score (nSPS) is 12.2. The van der Waals surface area contributed by atoms with Crippen LogP contribution in [0.25, 0.3) is 0 Å². The van der Waals surface area contributed by atoms with E-state index in [1.165, 1.54) is 0 Å². The van der Waals surface area contributed by atoms with Crippen molar-refractivity contribution in [3.05, 3.63) is 12.7 Å². The van der Waals surface area contributed by atoms with Crippen molar-refractivity contribution in [2.75, 3.05) is 0 Å². The second-order valence-corrected chi connectivity index (χ2v) is 2.19. The number of hydrogen-bond acceptors (Lipinski definition) is 2. The van der Waals surface area contributed by atoms with E-state index in [-0.39, 0.29) is 6.42 Å². The Hall–Kier alpha value is -0.860. The van der Waals surface area contributed by atoms with Gasteiger partial charge in [-0.05, 0) is 6.42 Å². The lowest BCUT2D eigenvalue weighted by Gasteiger charge is -2.06. The Morgan fingerprint density at radius 3 is 2.91 bits per heavy atom. The molecule has 1 atom stereocenters. The van der Waals surface area contributed by atoms with Gasteiger partial charge in [0.05, 0.1) is 0 Å². The van der Waals surface area contributed by atoms with E-state index in [0.717, 1.165) is 18.9 Å². The van der Waals surface area contributed by atoms with Crippen LogP contribution in [0.1, 0.15) is 26.2 Å². The van der Waals surface area contributed by atoms with Gasteiger partial charge in [-0.25, -0.2) is 9.18 Å². The number of esters is 1. The van der Waals surface area contributed by atoms with E-state index in [9.17, 15) is 9.18 Å². The smallest absolute Gasteiger partial charge is 0.332 e.